The van der Waals surface area contributed by atoms with Crippen molar-refractivity contribution in [1.29, 1.82) is 0 Å². The smallest absolute Gasteiger partial charge is 0.326 e. The van der Waals surface area contributed by atoms with Crippen LogP contribution < -0.4 is 16.0 Å². The van der Waals surface area contributed by atoms with Crippen LogP contribution in [0.5, 0.6) is 0 Å². The number of halogens is 2. The lowest BCUT2D eigenvalue weighted by atomic mass is 10.0. The summed E-state index contributed by atoms with van der Waals surface area (Å²) >= 11 is 12.2. The first-order valence-electron chi connectivity index (χ1n) is 13.6. The highest BCUT2D eigenvalue weighted by Crippen LogP contribution is 2.25. The van der Waals surface area contributed by atoms with Crippen LogP contribution in [-0.2, 0) is 36.7 Å². The van der Waals surface area contributed by atoms with Crippen molar-refractivity contribution in [2.24, 2.45) is 0 Å². The van der Waals surface area contributed by atoms with E-state index < -0.39 is 41.9 Å². The molecule has 0 saturated carbocycles. The second-order valence-corrected chi connectivity index (χ2v) is 10.9. The largest absolute Gasteiger partial charge is 0.480 e. The Hall–Kier alpha value is -4.42. The van der Waals surface area contributed by atoms with Gasteiger partial charge in [0.25, 0.3) is 17.7 Å². The quantitative estimate of drug-likeness (QED) is 0.166. The Morgan fingerprint density at radius 2 is 1.59 bits per heavy atom. The lowest BCUT2D eigenvalue weighted by Gasteiger charge is -2.20. The maximum atomic E-state index is 13.0. The van der Waals surface area contributed by atoms with Gasteiger partial charge in [-0.1, -0.05) is 59.6 Å². The van der Waals surface area contributed by atoms with Crippen molar-refractivity contribution < 1.29 is 33.8 Å². The van der Waals surface area contributed by atoms with Crippen molar-refractivity contribution in [3.05, 3.63) is 99.7 Å². The average Bonchev–Trinajstić information content (AvgIpc) is 3.66. The van der Waals surface area contributed by atoms with E-state index in [2.05, 4.69) is 20.9 Å². The number of anilines is 1. The van der Waals surface area contributed by atoms with E-state index in [9.17, 15) is 24.3 Å². The summed E-state index contributed by atoms with van der Waals surface area (Å²) in [7, 11) is 0. The van der Waals surface area contributed by atoms with Gasteiger partial charge < -0.3 is 35.5 Å². The number of nitrogens with one attached hydrogen (secondary N) is 4. The topological polar surface area (TPSA) is 159 Å². The Morgan fingerprint density at radius 1 is 0.909 bits per heavy atom. The van der Waals surface area contributed by atoms with Gasteiger partial charge in [-0.3, -0.25) is 14.4 Å². The number of carboxylic acids is 1. The van der Waals surface area contributed by atoms with Crippen LogP contribution >= 0.6 is 23.2 Å². The summed E-state index contributed by atoms with van der Waals surface area (Å²) in [6, 6.07) is 17.6. The first-order valence-corrected chi connectivity index (χ1v) is 14.4. The Morgan fingerprint density at radius 3 is 2.30 bits per heavy atom. The molecule has 0 spiro atoms. The molecule has 1 aliphatic rings. The minimum Gasteiger partial charge on any atom is -0.480 e. The summed E-state index contributed by atoms with van der Waals surface area (Å²) in [5.74, 6) is -3.10. The number of aromatic amines is 1. The van der Waals surface area contributed by atoms with E-state index in [1.807, 2.05) is 30.5 Å². The number of H-pyrrole nitrogens is 1. The van der Waals surface area contributed by atoms with Crippen molar-refractivity contribution in [1.82, 2.24) is 15.6 Å². The summed E-state index contributed by atoms with van der Waals surface area (Å²) in [5, 5.41) is 19.1. The number of benzene rings is 3. The molecule has 44 heavy (non-hydrogen) atoms. The molecule has 1 aliphatic heterocycles. The third-order valence-electron chi connectivity index (χ3n) is 7.11. The molecular formula is C31H28Cl2N4O7. The maximum Gasteiger partial charge on any atom is 0.326 e. The van der Waals surface area contributed by atoms with Gasteiger partial charge in [-0.05, 0) is 47.9 Å². The van der Waals surface area contributed by atoms with E-state index in [-0.39, 0.29) is 28.8 Å². The molecule has 5 N–H and O–H groups in total. The molecule has 5 rings (SSSR count). The molecule has 0 aliphatic carbocycles. The predicted molar refractivity (Wildman–Crippen MR) is 164 cm³/mol. The lowest BCUT2D eigenvalue weighted by Crippen LogP contribution is -2.52. The molecule has 3 atom stereocenters. The summed E-state index contributed by atoms with van der Waals surface area (Å²) in [4.78, 5) is 53.7. The maximum absolute atomic E-state index is 13.0. The van der Waals surface area contributed by atoms with E-state index in [4.69, 9.17) is 32.7 Å². The monoisotopic (exact) mass is 638 g/mol. The second-order valence-electron chi connectivity index (χ2n) is 10.0. The molecule has 13 heteroatoms. The minimum atomic E-state index is -1.32. The highest BCUT2D eigenvalue weighted by molar-refractivity contribution is 6.40. The van der Waals surface area contributed by atoms with Crippen LogP contribution in [0.15, 0.2) is 72.9 Å². The zero-order valence-corrected chi connectivity index (χ0v) is 24.7. The molecule has 0 radical (unpaired) electrons. The molecule has 11 nitrogen and oxygen atoms in total. The molecule has 3 amide bonds. The number of carbonyl (C=O) groups is 4. The lowest BCUT2D eigenvalue weighted by molar-refractivity contribution is -0.144. The first kappa shape index (κ1) is 31.0. The van der Waals surface area contributed by atoms with Gasteiger partial charge in [-0.2, -0.15) is 0 Å². The van der Waals surface area contributed by atoms with Crippen molar-refractivity contribution in [3.63, 3.8) is 0 Å². The number of aliphatic carboxylic acids is 1. The molecule has 1 aromatic heterocycles. The fraction of sp³-hybridized carbons (Fsp3) is 0.226. The minimum absolute atomic E-state index is 0.0687. The Kier molecular flexibility index (Phi) is 9.81. The number of fused-ring (bicyclic) bond motifs is 1. The fourth-order valence-corrected chi connectivity index (χ4v) is 5.44. The number of aromatic nitrogens is 1. The van der Waals surface area contributed by atoms with Gasteiger partial charge in [0.2, 0.25) is 0 Å². The van der Waals surface area contributed by atoms with Crippen molar-refractivity contribution in [2.45, 2.75) is 31.1 Å². The third kappa shape index (κ3) is 7.20. The fourth-order valence-electron chi connectivity index (χ4n) is 4.87. The van der Waals surface area contributed by atoms with Gasteiger partial charge >= 0.3 is 5.97 Å². The zero-order chi connectivity index (χ0) is 31.2. The first-order chi connectivity index (χ1) is 21.2. The average molecular weight is 639 g/mol. The van der Waals surface area contributed by atoms with Gasteiger partial charge in [0.1, 0.15) is 12.8 Å². The zero-order valence-electron chi connectivity index (χ0n) is 23.1. The summed E-state index contributed by atoms with van der Waals surface area (Å²) in [6.45, 7) is 0.0114. The van der Waals surface area contributed by atoms with Crippen LogP contribution in [0.3, 0.4) is 0 Å². The summed E-state index contributed by atoms with van der Waals surface area (Å²) in [5.41, 5.74) is 3.16. The molecule has 4 aromatic rings. The number of carbonyl (C=O) groups excluding carboxylic acids is 3. The van der Waals surface area contributed by atoms with Crippen LogP contribution in [-0.4, -0.2) is 65.4 Å². The van der Waals surface area contributed by atoms with Gasteiger partial charge in [-0.25, -0.2) is 4.79 Å². The molecule has 0 bridgehead atoms. The van der Waals surface area contributed by atoms with Crippen molar-refractivity contribution >= 4 is 63.5 Å². The number of hydrogen-bond acceptors (Lipinski definition) is 6. The van der Waals surface area contributed by atoms with Crippen LogP contribution in [0.1, 0.15) is 21.5 Å². The van der Waals surface area contributed by atoms with Crippen molar-refractivity contribution in [2.75, 3.05) is 18.7 Å². The Balaban J connectivity index is 1.15. The number of para-hydroxylation sites is 1. The van der Waals surface area contributed by atoms with Gasteiger partial charge in [0.05, 0.1) is 15.6 Å². The number of ether oxygens (including phenoxy) is 2. The molecule has 1 saturated heterocycles. The van der Waals surface area contributed by atoms with Crippen LogP contribution in [0.25, 0.3) is 10.9 Å². The normalized spacial score (nSPS) is 16.8. The molecule has 2 heterocycles. The third-order valence-corrected chi connectivity index (χ3v) is 7.74. The van der Waals surface area contributed by atoms with E-state index in [0.717, 1.165) is 16.5 Å². The van der Waals surface area contributed by atoms with E-state index in [1.54, 1.807) is 42.5 Å². The number of amides is 3. The van der Waals surface area contributed by atoms with Gasteiger partial charge in [0, 0.05) is 35.8 Å². The van der Waals surface area contributed by atoms with E-state index in [0.29, 0.717) is 24.2 Å². The van der Waals surface area contributed by atoms with E-state index in [1.165, 1.54) is 0 Å². The molecule has 228 valence electrons. The van der Waals surface area contributed by atoms with E-state index >= 15 is 0 Å². The van der Waals surface area contributed by atoms with Crippen LogP contribution in [0, 0.1) is 0 Å². The summed E-state index contributed by atoms with van der Waals surface area (Å²) < 4.78 is 10.7. The standard InChI is InChI=1S/C31H28Cl2N4O7/c32-21-5-3-6-22(33)25(21)28(38)36-19-10-8-17(9-11-19)14-24(31(41)42)37-30(40)27-26(43-16-44-27)29(39)34-13-12-18-15-35-23-7-2-1-4-20(18)23/h1-11,15,24,26-27,35H,12-14,16H2,(H,34,39)(H,36,38)(H,37,40)(H,41,42). The molecule has 3 aromatic carbocycles. The highest BCUT2D eigenvalue weighted by atomic mass is 35.5. The van der Waals surface area contributed by atoms with Crippen LogP contribution in [0.4, 0.5) is 5.69 Å². The van der Waals surface area contributed by atoms with Crippen molar-refractivity contribution in [3.8, 4) is 0 Å². The second kappa shape index (κ2) is 13.9. The molecule has 1 fully saturated rings. The van der Waals surface area contributed by atoms with Gasteiger partial charge in [0.15, 0.2) is 12.2 Å². The number of hydrogen-bond donors (Lipinski definition) is 5. The summed E-state index contributed by atoms with van der Waals surface area (Å²) in [6.07, 6.45) is -0.187. The highest BCUT2D eigenvalue weighted by Gasteiger charge is 2.41. The number of rotatable bonds is 11. The Labute approximate surface area is 261 Å². The Bertz CT molecular complexity index is 1670. The molecule has 3 unspecified atom stereocenters. The number of carboxylic acid groups (broad SMARTS) is 1. The predicted octanol–water partition coefficient (Wildman–Crippen LogP) is 3.94. The van der Waals surface area contributed by atoms with Crippen LogP contribution in [0.2, 0.25) is 10.0 Å². The molecular weight excluding hydrogens is 611 g/mol. The van der Waals surface area contributed by atoms with Gasteiger partial charge in [-0.15, -0.1) is 0 Å². The SMILES string of the molecule is O=C(Nc1ccc(CC(NC(=O)C2OCOC2C(=O)NCCc2c[nH]c3ccccc23)C(=O)O)cc1)c1c(Cl)cccc1Cl.